The molecule has 1 saturated carbocycles. The van der Waals surface area contributed by atoms with Crippen molar-refractivity contribution in [1.82, 2.24) is 5.43 Å². The number of rotatable bonds is 4. The summed E-state index contributed by atoms with van der Waals surface area (Å²) < 4.78 is 5.46. The molecule has 1 aliphatic rings. The van der Waals surface area contributed by atoms with E-state index in [1.165, 1.54) is 6.42 Å². The van der Waals surface area contributed by atoms with Crippen LogP contribution in [0.25, 0.3) is 0 Å². The molecule has 0 unspecified atom stereocenters. The van der Waals surface area contributed by atoms with Crippen molar-refractivity contribution < 1.29 is 9.53 Å². The largest absolute Gasteiger partial charge is 0.484 e. The zero-order valence-corrected chi connectivity index (χ0v) is 13.1. The van der Waals surface area contributed by atoms with Gasteiger partial charge in [-0.15, -0.1) is 0 Å². The molecule has 1 aromatic carbocycles. The molecule has 4 heteroatoms. The van der Waals surface area contributed by atoms with Gasteiger partial charge in [0.1, 0.15) is 5.75 Å². The van der Waals surface area contributed by atoms with Crippen LogP contribution < -0.4 is 10.2 Å². The molecule has 1 aliphatic carbocycles. The zero-order chi connectivity index (χ0) is 15.2. The molecule has 0 saturated heterocycles. The standard InChI is InChI=1S/C17H24N2O2/c1-12-6-4-9-15(10-12)21-11-16(20)18-19-17-13(2)7-5-8-14(17)3/h4,6,9-10,13-14H,5,7-8,11H2,1-3H3,(H,18,20)/t13-,14-/m0/s1. The second-order valence-electron chi connectivity index (χ2n) is 5.91. The Hall–Kier alpha value is -1.84. The van der Waals surface area contributed by atoms with Crippen LogP contribution in [0.5, 0.6) is 5.75 Å². The van der Waals surface area contributed by atoms with Crippen LogP contribution in [0.15, 0.2) is 29.4 Å². The van der Waals surface area contributed by atoms with Crippen molar-refractivity contribution in [2.24, 2.45) is 16.9 Å². The van der Waals surface area contributed by atoms with E-state index in [0.29, 0.717) is 17.6 Å². The summed E-state index contributed by atoms with van der Waals surface area (Å²) in [6.07, 6.45) is 3.55. The van der Waals surface area contributed by atoms with E-state index in [1.807, 2.05) is 31.2 Å². The average Bonchev–Trinajstić information content (AvgIpc) is 2.45. The third kappa shape index (κ3) is 4.59. The predicted octanol–water partition coefficient (Wildman–Crippen LogP) is 3.30. The molecule has 2 atom stereocenters. The van der Waals surface area contributed by atoms with Crippen LogP contribution in [0, 0.1) is 18.8 Å². The predicted molar refractivity (Wildman–Crippen MR) is 84.4 cm³/mol. The van der Waals surface area contributed by atoms with Crippen LogP contribution in [0.4, 0.5) is 0 Å². The highest BCUT2D eigenvalue weighted by Gasteiger charge is 2.23. The van der Waals surface area contributed by atoms with Gasteiger partial charge < -0.3 is 4.74 Å². The summed E-state index contributed by atoms with van der Waals surface area (Å²) >= 11 is 0. The number of carbonyl (C=O) groups is 1. The number of ether oxygens (including phenoxy) is 1. The summed E-state index contributed by atoms with van der Waals surface area (Å²) in [6.45, 7) is 6.32. The Morgan fingerprint density at radius 1 is 1.33 bits per heavy atom. The summed E-state index contributed by atoms with van der Waals surface area (Å²) in [5.74, 6) is 1.39. The first-order valence-electron chi connectivity index (χ1n) is 7.62. The van der Waals surface area contributed by atoms with E-state index in [-0.39, 0.29) is 12.5 Å². The lowest BCUT2D eigenvalue weighted by Crippen LogP contribution is -2.31. The number of amides is 1. The number of hydrazone groups is 1. The fraction of sp³-hybridized carbons (Fsp3) is 0.529. The van der Waals surface area contributed by atoms with Gasteiger partial charge in [-0.2, -0.15) is 5.10 Å². The normalized spacial score (nSPS) is 21.8. The summed E-state index contributed by atoms with van der Waals surface area (Å²) in [4.78, 5) is 11.8. The second kappa shape index (κ2) is 7.25. The van der Waals surface area contributed by atoms with E-state index in [0.717, 1.165) is 24.1 Å². The lowest BCUT2D eigenvalue weighted by Gasteiger charge is -2.26. The molecule has 1 fully saturated rings. The first kappa shape index (κ1) is 15.5. The molecule has 2 rings (SSSR count). The Kier molecular flexibility index (Phi) is 5.37. The molecule has 0 aromatic heterocycles. The van der Waals surface area contributed by atoms with Crippen molar-refractivity contribution in [3.8, 4) is 5.75 Å². The molecule has 0 aliphatic heterocycles. The minimum atomic E-state index is -0.214. The molecule has 1 amide bonds. The molecular formula is C17H24N2O2. The fourth-order valence-electron chi connectivity index (χ4n) is 2.75. The maximum atomic E-state index is 11.8. The topological polar surface area (TPSA) is 50.7 Å². The van der Waals surface area contributed by atoms with E-state index >= 15 is 0 Å². The Labute approximate surface area is 126 Å². The van der Waals surface area contributed by atoms with E-state index in [4.69, 9.17) is 4.74 Å². The third-order valence-corrected chi connectivity index (χ3v) is 3.95. The van der Waals surface area contributed by atoms with Gasteiger partial charge in [-0.3, -0.25) is 4.79 Å². The Morgan fingerprint density at radius 3 is 2.71 bits per heavy atom. The summed E-state index contributed by atoms with van der Waals surface area (Å²) in [7, 11) is 0. The quantitative estimate of drug-likeness (QED) is 0.864. The van der Waals surface area contributed by atoms with Gasteiger partial charge in [0.15, 0.2) is 6.61 Å². The van der Waals surface area contributed by atoms with Crippen molar-refractivity contribution in [2.75, 3.05) is 6.61 Å². The van der Waals surface area contributed by atoms with Crippen LogP contribution >= 0.6 is 0 Å². The number of aryl methyl sites for hydroxylation is 1. The monoisotopic (exact) mass is 288 g/mol. The van der Waals surface area contributed by atoms with Crippen molar-refractivity contribution in [2.45, 2.75) is 40.0 Å². The molecule has 1 aromatic rings. The van der Waals surface area contributed by atoms with Crippen molar-refractivity contribution in [1.29, 1.82) is 0 Å². The number of nitrogens with zero attached hydrogens (tertiary/aromatic N) is 1. The van der Waals surface area contributed by atoms with Crippen LogP contribution in [0.2, 0.25) is 0 Å². The first-order valence-corrected chi connectivity index (χ1v) is 7.62. The van der Waals surface area contributed by atoms with Crippen LogP contribution in [-0.4, -0.2) is 18.2 Å². The van der Waals surface area contributed by atoms with Crippen molar-refractivity contribution in [3.05, 3.63) is 29.8 Å². The molecule has 114 valence electrons. The molecule has 1 N–H and O–H groups in total. The second-order valence-corrected chi connectivity index (χ2v) is 5.91. The van der Waals surface area contributed by atoms with E-state index in [1.54, 1.807) is 0 Å². The Morgan fingerprint density at radius 2 is 2.05 bits per heavy atom. The molecule has 0 radical (unpaired) electrons. The average molecular weight is 288 g/mol. The minimum absolute atomic E-state index is 0.0109. The number of benzene rings is 1. The molecule has 21 heavy (non-hydrogen) atoms. The molecule has 0 spiro atoms. The Bertz CT molecular complexity index is 513. The smallest absolute Gasteiger partial charge is 0.277 e. The summed E-state index contributed by atoms with van der Waals surface area (Å²) in [6, 6.07) is 7.65. The van der Waals surface area contributed by atoms with Crippen LogP contribution in [0.1, 0.15) is 38.7 Å². The van der Waals surface area contributed by atoms with Gasteiger partial charge in [0.25, 0.3) is 5.91 Å². The van der Waals surface area contributed by atoms with Crippen molar-refractivity contribution >= 4 is 11.6 Å². The molecule has 4 nitrogen and oxygen atoms in total. The van der Waals surface area contributed by atoms with Gasteiger partial charge >= 0.3 is 0 Å². The Balaban J connectivity index is 1.84. The number of hydrogen-bond acceptors (Lipinski definition) is 3. The highest BCUT2D eigenvalue weighted by Crippen LogP contribution is 2.25. The molecule has 0 bridgehead atoms. The number of nitrogens with one attached hydrogen (secondary N) is 1. The van der Waals surface area contributed by atoms with Gasteiger partial charge in [0.2, 0.25) is 0 Å². The van der Waals surface area contributed by atoms with Crippen molar-refractivity contribution in [3.63, 3.8) is 0 Å². The van der Waals surface area contributed by atoms with E-state index in [9.17, 15) is 4.79 Å². The van der Waals surface area contributed by atoms with Gasteiger partial charge in [-0.05, 0) is 49.3 Å². The van der Waals surface area contributed by atoms with Gasteiger partial charge in [-0.25, -0.2) is 5.43 Å². The maximum Gasteiger partial charge on any atom is 0.277 e. The maximum absolute atomic E-state index is 11.8. The lowest BCUT2D eigenvalue weighted by molar-refractivity contribution is -0.123. The number of carbonyl (C=O) groups excluding carboxylic acids is 1. The van der Waals surface area contributed by atoms with E-state index in [2.05, 4.69) is 24.4 Å². The van der Waals surface area contributed by atoms with Gasteiger partial charge in [-0.1, -0.05) is 32.4 Å². The van der Waals surface area contributed by atoms with Gasteiger partial charge in [0, 0.05) is 5.71 Å². The summed E-state index contributed by atoms with van der Waals surface area (Å²) in [5.41, 5.74) is 4.83. The zero-order valence-electron chi connectivity index (χ0n) is 13.1. The van der Waals surface area contributed by atoms with E-state index < -0.39 is 0 Å². The first-order chi connectivity index (χ1) is 10.1. The van der Waals surface area contributed by atoms with Gasteiger partial charge in [0.05, 0.1) is 0 Å². The third-order valence-electron chi connectivity index (χ3n) is 3.95. The number of hydrogen-bond donors (Lipinski definition) is 1. The fourth-order valence-corrected chi connectivity index (χ4v) is 2.75. The van der Waals surface area contributed by atoms with Crippen LogP contribution in [0.3, 0.4) is 0 Å². The minimum Gasteiger partial charge on any atom is -0.484 e. The van der Waals surface area contributed by atoms with Crippen LogP contribution in [-0.2, 0) is 4.79 Å². The summed E-state index contributed by atoms with van der Waals surface area (Å²) in [5, 5.41) is 4.31. The lowest BCUT2D eigenvalue weighted by atomic mass is 9.81. The SMILES string of the molecule is Cc1cccc(OCC(=O)NN=C2[C@@H](C)CCC[C@@H]2C)c1. The molecule has 0 heterocycles. The highest BCUT2D eigenvalue weighted by molar-refractivity contribution is 5.90. The molecular weight excluding hydrogens is 264 g/mol. The highest BCUT2D eigenvalue weighted by atomic mass is 16.5.